The van der Waals surface area contributed by atoms with E-state index in [0.717, 1.165) is 24.8 Å². The Morgan fingerprint density at radius 3 is 2.83 bits per heavy atom. The van der Waals surface area contributed by atoms with Crippen molar-refractivity contribution in [1.82, 2.24) is 15.5 Å². The maximum atomic E-state index is 5.50. The monoisotopic (exact) mass is 269 g/mol. The number of hydrogen-bond donors (Lipinski definition) is 1. The number of nitrogens with zero attached hydrogens (tertiary/aromatic N) is 2. The minimum absolute atomic E-state index is 0. The second-order valence-corrected chi connectivity index (χ2v) is 6.02. The number of hydrogen-bond acceptors (Lipinski definition) is 4. The number of nitrogens with one attached hydrogen (secondary N) is 1. The maximum absolute atomic E-state index is 5.50. The van der Waals surface area contributed by atoms with E-state index in [-0.39, 0.29) is 12.4 Å². The zero-order chi connectivity index (χ0) is 11.3. The third-order valence-electron chi connectivity index (χ3n) is 4.94. The van der Waals surface area contributed by atoms with Crippen LogP contribution in [0.2, 0.25) is 0 Å². The van der Waals surface area contributed by atoms with Crippen LogP contribution in [0.1, 0.15) is 62.1 Å². The summed E-state index contributed by atoms with van der Waals surface area (Å²) in [5.41, 5.74) is 0.472. The van der Waals surface area contributed by atoms with Gasteiger partial charge in [0.1, 0.15) is 0 Å². The molecular formula is C13H20ClN3O. The first-order valence-electron chi connectivity index (χ1n) is 6.92. The topological polar surface area (TPSA) is 51.0 Å². The summed E-state index contributed by atoms with van der Waals surface area (Å²) in [5, 5.41) is 7.65. The lowest BCUT2D eigenvalue weighted by Gasteiger charge is -2.03. The fourth-order valence-corrected chi connectivity index (χ4v) is 3.67. The van der Waals surface area contributed by atoms with Crippen LogP contribution in [-0.4, -0.2) is 23.2 Å². The zero-order valence-corrected chi connectivity index (χ0v) is 11.3. The van der Waals surface area contributed by atoms with Crippen LogP contribution >= 0.6 is 12.4 Å². The maximum Gasteiger partial charge on any atom is 0.230 e. The van der Waals surface area contributed by atoms with Crippen molar-refractivity contribution < 1.29 is 4.52 Å². The van der Waals surface area contributed by atoms with Crippen molar-refractivity contribution in [2.24, 2.45) is 5.41 Å². The van der Waals surface area contributed by atoms with Gasteiger partial charge in [-0.3, -0.25) is 0 Å². The Hall–Kier alpha value is -0.610. The average molecular weight is 270 g/mol. The van der Waals surface area contributed by atoms with Crippen molar-refractivity contribution in [3.63, 3.8) is 0 Å². The standard InChI is InChI=1S/C13H19N3O.ClH/c1-2-4-9(3-1)11-15-12(17-16-11)10-7-13(10)5-6-14-8-13;/h9-10,14H,1-8H2;1H. The molecule has 1 spiro atoms. The van der Waals surface area contributed by atoms with E-state index >= 15 is 0 Å². The van der Waals surface area contributed by atoms with Gasteiger partial charge in [-0.1, -0.05) is 18.0 Å². The minimum atomic E-state index is 0. The third-order valence-corrected chi connectivity index (χ3v) is 4.94. The van der Waals surface area contributed by atoms with Gasteiger partial charge in [0.25, 0.3) is 0 Å². The van der Waals surface area contributed by atoms with E-state index in [1.807, 2.05) is 0 Å². The van der Waals surface area contributed by atoms with E-state index in [1.54, 1.807) is 0 Å². The van der Waals surface area contributed by atoms with Gasteiger partial charge in [0, 0.05) is 18.4 Å². The second-order valence-electron chi connectivity index (χ2n) is 6.02. The Morgan fingerprint density at radius 2 is 2.11 bits per heavy atom. The Morgan fingerprint density at radius 1 is 1.28 bits per heavy atom. The van der Waals surface area contributed by atoms with Crippen LogP contribution in [-0.2, 0) is 0 Å². The highest BCUT2D eigenvalue weighted by molar-refractivity contribution is 5.85. The average Bonchev–Trinajstić information content (AvgIpc) is 2.85. The molecule has 4 rings (SSSR count). The van der Waals surface area contributed by atoms with Crippen molar-refractivity contribution in [3.05, 3.63) is 11.7 Å². The van der Waals surface area contributed by atoms with Crippen molar-refractivity contribution in [2.45, 2.75) is 50.4 Å². The molecule has 0 aromatic carbocycles. The van der Waals surface area contributed by atoms with Gasteiger partial charge in [0.15, 0.2) is 5.82 Å². The molecule has 2 aliphatic carbocycles. The van der Waals surface area contributed by atoms with Gasteiger partial charge in [-0.25, -0.2) is 0 Å². The van der Waals surface area contributed by atoms with Gasteiger partial charge in [-0.05, 0) is 37.6 Å². The number of halogens is 1. The lowest BCUT2D eigenvalue weighted by molar-refractivity contribution is 0.356. The van der Waals surface area contributed by atoms with E-state index < -0.39 is 0 Å². The summed E-state index contributed by atoms with van der Waals surface area (Å²) < 4.78 is 5.50. The van der Waals surface area contributed by atoms with Gasteiger partial charge in [-0.15, -0.1) is 12.4 Å². The van der Waals surface area contributed by atoms with Crippen LogP contribution in [0.3, 0.4) is 0 Å². The lowest BCUT2D eigenvalue weighted by atomic mass is 10.0. The van der Waals surface area contributed by atoms with Crippen molar-refractivity contribution >= 4 is 12.4 Å². The molecule has 5 heteroatoms. The van der Waals surface area contributed by atoms with E-state index in [2.05, 4.69) is 15.5 Å². The molecule has 1 aromatic heterocycles. The minimum Gasteiger partial charge on any atom is -0.339 e. The molecule has 2 unspecified atom stereocenters. The molecule has 4 nitrogen and oxygen atoms in total. The van der Waals surface area contributed by atoms with Crippen LogP contribution in [0, 0.1) is 5.41 Å². The Bertz CT molecular complexity index is 422. The van der Waals surface area contributed by atoms with Gasteiger partial charge in [0.05, 0.1) is 0 Å². The molecule has 2 heterocycles. The molecule has 1 N–H and O–H groups in total. The predicted octanol–water partition coefficient (Wildman–Crippen LogP) is 2.62. The number of rotatable bonds is 2. The molecule has 1 saturated heterocycles. The molecule has 18 heavy (non-hydrogen) atoms. The molecular weight excluding hydrogens is 250 g/mol. The Kier molecular flexibility index (Phi) is 3.10. The normalized spacial score (nSPS) is 35.0. The fraction of sp³-hybridized carbons (Fsp3) is 0.846. The fourth-order valence-electron chi connectivity index (χ4n) is 3.67. The largest absolute Gasteiger partial charge is 0.339 e. The second kappa shape index (κ2) is 4.49. The van der Waals surface area contributed by atoms with Crippen LogP contribution in [0.4, 0.5) is 0 Å². The van der Waals surface area contributed by atoms with Crippen LogP contribution in [0.15, 0.2) is 4.52 Å². The molecule has 2 atom stereocenters. The van der Waals surface area contributed by atoms with Crippen LogP contribution in [0.5, 0.6) is 0 Å². The van der Waals surface area contributed by atoms with E-state index in [1.165, 1.54) is 38.5 Å². The Labute approximate surface area is 113 Å². The van der Waals surface area contributed by atoms with Crippen molar-refractivity contribution in [3.8, 4) is 0 Å². The van der Waals surface area contributed by atoms with Gasteiger partial charge in [-0.2, -0.15) is 4.98 Å². The highest BCUT2D eigenvalue weighted by Crippen LogP contribution is 2.62. The first-order valence-corrected chi connectivity index (χ1v) is 6.92. The summed E-state index contributed by atoms with van der Waals surface area (Å²) in [6.45, 7) is 2.29. The molecule has 0 amide bonds. The molecule has 1 aromatic rings. The molecule has 2 saturated carbocycles. The highest BCUT2D eigenvalue weighted by Gasteiger charge is 2.58. The van der Waals surface area contributed by atoms with Gasteiger partial charge in [0.2, 0.25) is 5.89 Å². The predicted molar refractivity (Wildman–Crippen MR) is 70.0 cm³/mol. The van der Waals surface area contributed by atoms with E-state index in [9.17, 15) is 0 Å². The summed E-state index contributed by atoms with van der Waals surface area (Å²) in [6, 6.07) is 0. The lowest BCUT2D eigenvalue weighted by Crippen LogP contribution is -2.10. The third kappa shape index (κ3) is 1.86. The molecule has 3 fully saturated rings. The number of aromatic nitrogens is 2. The van der Waals surface area contributed by atoms with E-state index in [4.69, 9.17) is 4.52 Å². The molecule has 1 aliphatic heterocycles. The summed E-state index contributed by atoms with van der Waals surface area (Å²) in [6.07, 6.45) is 7.66. The quantitative estimate of drug-likeness (QED) is 0.897. The smallest absolute Gasteiger partial charge is 0.230 e. The first kappa shape index (κ1) is 12.4. The SMILES string of the molecule is C1CCC(c2noc(C3CC34CCNC4)n2)C1.Cl. The summed E-state index contributed by atoms with van der Waals surface area (Å²) in [7, 11) is 0. The van der Waals surface area contributed by atoms with Crippen LogP contribution < -0.4 is 5.32 Å². The van der Waals surface area contributed by atoms with Gasteiger partial charge < -0.3 is 9.84 Å². The first-order chi connectivity index (χ1) is 8.37. The Balaban J connectivity index is 0.000001000. The molecule has 0 radical (unpaired) electrons. The highest BCUT2D eigenvalue weighted by atomic mass is 35.5. The summed E-state index contributed by atoms with van der Waals surface area (Å²) >= 11 is 0. The van der Waals surface area contributed by atoms with Crippen molar-refractivity contribution in [2.75, 3.05) is 13.1 Å². The molecule has 0 bridgehead atoms. The molecule has 100 valence electrons. The summed E-state index contributed by atoms with van der Waals surface area (Å²) in [4.78, 5) is 4.67. The van der Waals surface area contributed by atoms with Crippen LogP contribution in [0.25, 0.3) is 0 Å². The zero-order valence-electron chi connectivity index (χ0n) is 10.5. The van der Waals surface area contributed by atoms with E-state index in [0.29, 0.717) is 17.3 Å². The van der Waals surface area contributed by atoms with Crippen molar-refractivity contribution in [1.29, 1.82) is 0 Å². The summed E-state index contributed by atoms with van der Waals surface area (Å²) in [5.74, 6) is 3.00. The molecule has 3 aliphatic rings. The van der Waals surface area contributed by atoms with Gasteiger partial charge >= 0.3 is 0 Å².